The van der Waals surface area contributed by atoms with E-state index in [4.69, 9.17) is 10.5 Å². The molecule has 0 fully saturated rings. The van der Waals surface area contributed by atoms with Crippen molar-refractivity contribution >= 4 is 5.91 Å². The quantitative estimate of drug-likeness (QED) is 0.719. The van der Waals surface area contributed by atoms with E-state index in [1.54, 1.807) is 17.7 Å². The van der Waals surface area contributed by atoms with Crippen LogP contribution in [0.2, 0.25) is 0 Å². The third kappa shape index (κ3) is 5.93. The van der Waals surface area contributed by atoms with Crippen molar-refractivity contribution in [1.82, 2.24) is 9.88 Å². The third-order valence-corrected chi connectivity index (χ3v) is 4.81. The molecule has 5 heteroatoms. The number of nitrogens with two attached hydrogens (primary N) is 1. The molecule has 1 aliphatic rings. The van der Waals surface area contributed by atoms with Crippen LogP contribution in [-0.2, 0) is 6.42 Å². The van der Waals surface area contributed by atoms with E-state index in [1.807, 2.05) is 12.1 Å². The largest absolute Gasteiger partial charge is 0.439 e. The molecule has 1 amide bonds. The monoisotopic (exact) mass is 365 g/mol. The summed E-state index contributed by atoms with van der Waals surface area (Å²) in [6.07, 6.45) is 10.0. The Balaban J connectivity index is 1.48. The van der Waals surface area contributed by atoms with Crippen molar-refractivity contribution in [1.29, 1.82) is 0 Å². The molecule has 0 spiro atoms. The van der Waals surface area contributed by atoms with Crippen LogP contribution >= 0.6 is 0 Å². The lowest BCUT2D eigenvalue weighted by Gasteiger charge is -2.21. The zero-order valence-electron chi connectivity index (χ0n) is 15.9. The van der Waals surface area contributed by atoms with Gasteiger partial charge < -0.3 is 15.4 Å². The number of likely N-dealkylation sites (N-methyl/N-ethyl adjacent to an activating group) is 1. The Morgan fingerprint density at radius 1 is 1.19 bits per heavy atom. The first-order valence-corrected chi connectivity index (χ1v) is 9.49. The fourth-order valence-electron chi connectivity index (χ4n) is 3.23. The Hall–Kier alpha value is -2.66. The van der Waals surface area contributed by atoms with Crippen LogP contribution < -0.4 is 10.5 Å². The predicted octanol–water partition coefficient (Wildman–Crippen LogP) is 3.95. The standard InChI is InChI=1S/C22H27N3O2/c1-25(16-18-5-3-2-4-6-18)14-13-17-7-10-20(11-8-17)27-21-12-9-19(15-24-21)22(23)26/h5,7-12,15H,2-4,6,13-14,16H2,1H3,(H2,23,26). The zero-order valence-corrected chi connectivity index (χ0v) is 15.9. The zero-order chi connectivity index (χ0) is 19.1. The van der Waals surface area contributed by atoms with Gasteiger partial charge in [-0.2, -0.15) is 0 Å². The third-order valence-electron chi connectivity index (χ3n) is 4.81. The SMILES string of the molecule is CN(CCc1ccc(Oc2ccc(C(N)=O)cn2)cc1)CC1=CCCCC1. The normalized spacial score (nSPS) is 14.1. The van der Waals surface area contributed by atoms with Gasteiger partial charge in [0.2, 0.25) is 11.8 Å². The number of allylic oxidation sites excluding steroid dienone is 1. The number of carbonyl (C=O) groups is 1. The predicted molar refractivity (Wildman–Crippen MR) is 107 cm³/mol. The molecule has 0 saturated carbocycles. The summed E-state index contributed by atoms with van der Waals surface area (Å²) in [5.41, 5.74) is 8.44. The fraction of sp³-hybridized carbons (Fsp3) is 0.364. The van der Waals surface area contributed by atoms with E-state index in [-0.39, 0.29) is 0 Å². The number of carbonyl (C=O) groups excluding carboxylic acids is 1. The van der Waals surface area contributed by atoms with Gasteiger partial charge in [0, 0.05) is 25.4 Å². The first kappa shape index (κ1) is 19.1. The van der Waals surface area contributed by atoms with Crippen molar-refractivity contribution in [2.24, 2.45) is 5.73 Å². The number of ether oxygens (including phenoxy) is 1. The summed E-state index contributed by atoms with van der Waals surface area (Å²) in [6.45, 7) is 2.11. The van der Waals surface area contributed by atoms with Crippen LogP contribution in [0.5, 0.6) is 11.6 Å². The first-order chi connectivity index (χ1) is 13.1. The summed E-state index contributed by atoms with van der Waals surface area (Å²) in [5, 5.41) is 0. The van der Waals surface area contributed by atoms with E-state index in [2.05, 4.69) is 35.1 Å². The average molecular weight is 365 g/mol. The van der Waals surface area contributed by atoms with Crippen LogP contribution in [0.3, 0.4) is 0 Å². The molecular weight excluding hydrogens is 338 g/mol. The second-order valence-electron chi connectivity index (χ2n) is 7.09. The van der Waals surface area contributed by atoms with E-state index in [0.717, 1.165) is 25.3 Å². The number of amides is 1. The van der Waals surface area contributed by atoms with Crippen molar-refractivity contribution < 1.29 is 9.53 Å². The van der Waals surface area contributed by atoms with Crippen LogP contribution in [0.15, 0.2) is 54.2 Å². The van der Waals surface area contributed by atoms with Gasteiger partial charge >= 0.3 is 0 Å². The van der Waals surface area contributed by atoms with Crippen molar-refractivity contribution in [2.45, 2.75) is 32.1 Å². The molecule has 1 aromatic heterocycles. The topological polar surface area (TPSA) is 68.5 Å². The van der Waals surface area contributed by atoms with Crippen LogP contribution in [-0.4, -0.2) is 35.9 Å². The molecule has 0 bridgehead atoms. The van der Waals surface area contributed by atoms with Gasteiger partial charge in [0.15, 0.2) is 0 Å². The number of hydrogen-bond acceptors (Lipinski definition) is 4. The molecule has 27 heavy (non-hydrogen) atoms. The number of primary amides is 1. The minimum absolute atomic E-state index is 0.366. The molecule has 1 heterocycles. The maximum Gasteiger partial charge on any atom is 0.250 e. The van der Waals surface area contributed by atoms with Gasteiger partial charge in [0.25, 0.3) is 0 Å². The molecule has 0 aliphatic heterocycles. The molecule has 3 rings (SSSR count). The molecule has 2 N–H and O–H groups in total. The van der Waals surface area contributed by atoms with Crippen LogP contribution in [0.25, 0.3) is 0 Å². The van der Waals surface area contributed by atoms with Crippen molar-refractivity contribution in [3.8, 4) is 11.6 Å². The highest BCUT2D eigenvalue weighted by Gasteiger charge is 2.07. The van der Waals surface area contributed by atoms with Gasteiger partial charge in [0.05, 0.1) is 5.56 Å². The minimum Gasteiger partial charge on any atom is -0.439 e. The van der Waals surface area contributed by atoms with Gasteiger partial charge in [-0.25, -0.2) is 4.98 Å². The van der Waals surface area contributed by atoms with Gasteiger partial charge in [-0.15, -0.1) is 0 Å². The maximum absolute atomic E-state index is 11.1. The lowest BCUT2D eigenvalue weighted by atomic mass is 9.99. The average Bonchev–Trinajstić information content (AvgIpc) is 2.69. The summed E-state index contributed by atoms with van der Waals surface area (Å²) in [6, 6.07) is 11.3. The number of nitrogens with zero attached hydrogens (tertiary/aromatic N) is 2. The van der Waals surface area contributed by atoms with Gasteiger partial charge in [-0.1, -0.05) is 23.8 Å². The van der Waals surface area contributed by atoms with Crippen molar-refractivity contribution in [2.75, 3.05) is 20.1 Å². The Kier molecular flexibility index (Phi) is 6.60. The van der Waals surface area contributed by atoms with E-state index < -0.39 is 5.91 Å². The van der Waals surface area contributed by atoms with Crippen molar-refractivity contribution in [3.63, 3.8) is 0 Å². The lowest BCUT2D eigenvalue weighted by molar-refractivity contribution is 0.1000. The molecule has 0 radical (unpaired) electrons. The molecule has 5 nitrogen and oxygen atoms in total. The number of hydrogen-bond donors (Lipinski definition) is 1. The summed E-state index contributed by atoms with van der Waals surface area (Å²) in [7, 11) is 2.19. The smallest absolute Gasteiger partial charge is 0.250 e. The number of pyridine rings is 1. The van der Waals surface area contributed by atoms with Gasteiger partial charge in [-0.05, 0) is 62.9 Å². The van der Waals surface area contributed by atoms with Crippen molar-refractivity contribution in [3.05, 3.63) is 65.4 Å². The maximum atomic E-state index is 11.1. The Morgan fingerprint density at radius 3 is 2.63 bits per heavy atom. The van der Waals surface area contributed by atoms with E-state index in [1.165, 1.54) is 37.4 Å². The molecule has 142 valence electrons. The second kappa shape index (κ2) is 9.33. The summed E-state index contributed by atoms with van der Waals surface area (Å²) >= 11 is 0. The van der Waals surface area contributed by atoms with Crippen LogP contribution in [0, 0.1) is 0 Å². The van der Waals surface area contributed by atoms with E-state index >= 15 is 0 Å². The minimum atomic E-state index is -0.497. The van der Waals surface area contributed by atoms with Gasteiger partial charge in [-0.3, -0.25) is 4.79 Å². The Bertz CT molecular complexity index is 782. The molecule has 0 unspecified atom stereocenters. The summed E-state index contributed by atoms with van der Waals surface area (Å²) in [5.74, 6) is 0.662. The molecule has 2 aromatic rings. The number of aromatic nitrogens is 1. The summed E-state index contributed by atoms with van der Waals surface area (Å²) in [4.78, 5) is 17.6. The van der Waals surface area contributed by atoms with E-state index in [0.29, 0.717) is 11.4 Å². The number of benzene rings is 1. The molecular formula is C22H27N3O2. The Labute approximate surface area is 160 Å². The van der Waals surface area contributed by atoms with Crippen LogP contribution in [0.4, 0.5) is 0 Å². The number of rotatable bonds is 8. The second-order valence-corrected chi connectivity index (χ2v) is 7.09. The van der Waals surface area contributed by atoms with Gasteiger partial charge in [0.1, 0.15) is 5.75 Å². The highest BCUT2D eigenvalue weighted by atomic mass is 16.5. The summed E-state index contributed by atoms with van der Waals surface area (Å²) < 4.78 is 5.71. The lowest BCUT2D eigenvalue weighted by Crippen LogP contribution is -2.24. The fourth-order valence-corrected chi connectivity index (χ4v) is 3.23. The van der Waals surface area contributed by atoms with Crippen LogP contribution in [0.1, 0.15) is 41.6 Å². The molecule has 0 saturated heterocycles. The molecule has 0 atom stereocenters. The highest BCUT2D eigenvalue weighted by Crippen LogP contribution is 2.21. The highest BCUT2D eigenvalue weighted by molar-refractivity contribution is 5.92. The van der Waals surface area contributed by atoms with E-state index in [9.17, 15) is 4.79 Å². The Morgan fingerprint density at radius 2 is 2.00 bits per heavy atom. The molecule has 1 aromatic carbocycles. The first-order valence-electron chi connectivity index (χ1n) is 9.49. The molecule has 1 aliphatic carbocycles.